The van der Waals surface area contributed by atoms with Gasteiger partial charge in [0.05, 0.1) is 0 Å². The van der Waals surface area contributed by atoms with Crippen molar-refractivity contribution in [3.05, 3.63) is 0 Å². The highest BCUT2D eigenvalue weighted by molar-refractivity contribution is 4.88. The lowest BCUT2D eigenvalue weighted by Crippen LogP contribution is -2.46. The Morgan fingerprint density at radius 3 is 2.17 bits per heavy atom. The number of halogens is 1. The zero-order valence-electron chi connectivity index (χ0n) is 8.15. The van der Waals surface area contributed by atoms with E-state index in [2.05, 4.69) is 0 Å². The molecule has 1 fully saturated rings. The lowest BCUT2D eigenvalue weighted by Gasteiger charge is -2.33. The van der Waals surface area contributed by atoms with Crippen LogP contribution in [0.2, 0.25) is 0 Å². The molecule has 1 aliphatic carbocycles. The van der Waals surface area contributed by atoms with Crippen molar-refractivity contribution >= 4 is 0 Å². The molecular weight excluding hydrogens is 153 g/mol. The fourth-order valence-corrected chi connectivity index (χ4v) is 2.03. The average Bonchev–Trinajstić information content (AvgIpc) is 2.03. The van der Waals surface area contributed by atoms with Gasteiger partial charge in [0, 0.05) is 5.54 Å². The molecule has 0 heterocycles. The van der Waals surface area contributed by atoms with Crippen molar-refractivity contribution < 1.29 is 4.39 Å². The smallest absolute Gasteiger partial charge is 0.120 e. The van der Waals surface area contributed by atoms with Gasteiger partial charge in [-0.25, -0.2) is 4.39 Å². The van der Waals surface area contributed by atoms with Crippen LogP contribution in [0, 0.1) is 5.92 Å². The third-order valence-electron chi connectivity index (χ3n) is 2.77. The van der Waals surface area contributed by atoms with E-state index in [1.165, 1.54) is 19.3 Å². The maximum atomic E-state index is 13.7. The van der Waals surface area contributed by atoms with E-state index in [9.17, 15) is 4.39 Å². The summed E-state index contributed by atoms with van der Waals surface area (Å²) in [6, 6.07) is 0. The van der Waals surface area contributed by atoms with Gasteiger partial charge in [-0.1, -0.05) is 19.3 Å². The van der Waals surface area contributed by atoms with Crippen LogP contribution in [0.5, 0.6) is 0 Å². The van der Waals surface area contributed by atoms with Crippen molar-refractivity contribution in [1.82, 2.24) is 0 Å². The van der Waals surface area contributed by atoms with E-state index >= 15 is 0 Å². The fourth-order valence-electron chi connectivity index (χ4n) is 2.03. The van der Waals surface area contributed by atoms with Gasteiger partial charge in [-0.15, -0.1) is 0 Å². The summed E-state index contributed by atoms with van der Waals surface area (Å²) < 4.78 is 13.7. The molecule has 1 rings (SSSR count). The summed E-state index contributed by atoms with van der Waals surface area (Å²) in [5, 5.41) is 0. The molecule has 2 N–H and O–H groups in total. The normalized spacial score (nSPS) is 24.0. The molecule has 0 amide bonds. The molecule has 1 unspecified atom stereocenters. The summed E-state index contributed by atoms with van der Waals surface area (Å²) in [5.74, 6) is 0.221. The molecule has 0 radical (unpaired) electrons. The highest BCUT2D eigenvalue weighted by Gasteiger charge is 2.33. The van der Waals surface area contributed by atoms with E-state index in [-0.39, 0.29) is 5.92 Å². The van der Waals surface area contributed by atoms with Gasteiger partial charge in [-0.3, -0.25) is 0 Å². The fraction of sp³-hybridized carbons (Fsp3) is 1.00. The number of hydrogen-bond acceptors (Lipinski definition) is 1. The Bertz CT molecular complexity index is 133. The van der Waals surface area contributed by atoms with Crippen molar-refractivity contribution in [3.8, 4) is 0 Å². The molecule has 1 nitrogen and oxygen atoms in total. The largest absolute Gasteiger partial charge is 0.323 e. The number of alkyl halides is 1. The highest BCUT2D eigenvalue weighted by atomic mass is 19.1. The van der Waals surface area contributed by atoms with Crippen LogP contribution in [0.1, 0.15) is 46.0 Å². The van der Waals surface area contributed by atoms with Crippen LogP contribution in [-0.4, -0.2) is 11.7 Å². The molecule has 0 saturated heterocycles. The van der Waals surface area contributed by atoms with Crippen LogP contribution in [-0.2, 0) is 0 Å². The summed E-state index contributed by atoms with van der Waals surface area (Å²) in [6.07, 6.45) is 4.87. The van der Waals surface area contributed by atoms with Crippen LogP contribution in [0.4, 0.5) is 4.39 Å². The second-order valence-corrected chi connectivity index (χ2v) is 4.62. The first-order valence-corrected chi connectivity index (χ1v) is 4.95. The first-order valence-electron chi connectivity index (χ1n) is 4.95. The zero-order chi connectivity index (χ0) is 9.19. The molecule has 0 aromatic heterocycles. The van der Waals surface area contributed by atoms with Gasteiger partial charge < -0.3 is 5.73 Å². The molecule has 72 valence electrons. The molecule has 0 bridgehead atoms. The minimum Gasteiger partial charge on any atom is -0.323 e. The van der Waals surface area contributed by atoms with Gasteiger partial charge in [0.15, 0.2) is 0 Å². The van der Waals surface area contributed by atoms with E-state index < -0.39 is 11.7 Å². The number of hydrogen-bond donors (Lipinski definition) is 1. The Hall–Kier alpha value is -0.110. The maximum absolute atomic E-state index is 13.7. The molecule has 1 saturated carbocycles. The van der Waals surface area contributed by atoms with E-state index in [4.69, 9.17) is 5.73 Å². The van der Waals surface area contributed by atoms with Gasteiger partial charge in [-0.05, 0) is 32.6 Å². The van der Waals surface area contributed by atoms with E-state index in [0.29, 0.717) is 0 Å². The monoisotopic (exact) mass is 173 g/mol. The van der Waals surface area contributed by atoms with Crippen LogP contribution in [0.15, 0.2) is 0 Å². The molecule has 2 heteroatoms. The number of rotatable bonds is 2. The molecule has 0 aliphatic heterocycles. The Morgan fingerprint density at radius 1 is 1.25 bits per heavy atom. The third kappa shape index (κ3) is 2.44. The summed E-state index contributed by atoms with van der Waals surface area (Å²) in [5.41, 5.74) is 5.08. The topological polar surface area (TPSA) is 26.0 Å². The molecule has 1 atom stereocenters. The minimum absolute atomic E-state index is 0.221. The van der Waals surface area contributed by atoms with Gasteiger partial charge in [0.1, 0.15) is 6.17 Å². The van der Waals surface area contributed by atoms with Crippen LogP contribution in [0.25, 0.3) is 0 Å². The highest BCUT2D eigenvalue weighted by Crippen LogP contribution is 2.31. The first-order chi connectivity index (χ1) is 5.52. The van der Waals surface area contributed by atoms with Gasteiger partial charge >= 0.3 is 0 Å². The van der Waals surface area contributed by atoms with E-state index in [0.717, 1.165) is 12.8 Å². The minimum atomic E-state index is -0.821. The predicted molar refractivity (Wildman–Crippen MR) is 49.7 cm³/mol. The van der Waals surface area contributed by atoms with Crippen LogP contribution in [0.3, 0.4) is 0 Å². The second kappa shape index (κ2) is 3.73. The summed E-state index contributed by atoms with van der Waals surface area (Å²) in [6.45, 7) is 3.57. The zero-order valence-corrected chi connectivity index (χ0v) is 8.15. The Kier molecular flexibility index (Phi) is 3.10. The van der Waals surface area contributed by atoms with Crippen molar-refractivity contribution in [2.24, 2.45) is 11.7 Å². The second-order valence-electron chi connectivity index (χ2n) is 4.62. The van der Waals surface area contributed by atoms with E-state index in [1.807, 2.05) is 0 Å². The van der Waals surface area contributed by atoms with Gasteiger partial charge in [0.25, 0.3) is 0 Å². The SMILES string of the molecule is CC(C)(N)C(F)C1CCCCC1. The average molecular weight is 173 g/mol. The quantitative estimate of drug-likeness (QED) is 0.682. The lowest BCUT2D eigenvalue weighted by atomic mass is 9.79. The van der Waals surface area contributed by atoms with Crippen molar-refractivity contribution in [2.75, 3.05) is 0 Å². The number of nitrogens with two attached hydrogens (primary N) is 1. The van der Waals surface area contributed by atoms with Crippen molar-refractivity contribution in [1.29, 1.82) is 0 Å². The lowest BCUT2D eigenvalue weighted by molar-refractivity contribution is 0.115. The summed E-state index contributed by atoms with van der Waals surface area (Å²) in [7, 11) is 0. The molecule has 0 aromatic rings. The van der Waals surface area contributed by atoms with E-state index in [1.54, 1.807) is 13.8 Å². The molecule has 0 spiro atoms. The first kappa shape index (κ1) is 9.97. The maximum Gasteiger partial charge on any atom is 0.120 e. The molecule has 0 aromatic carbocycles. The Morgan fingerprint density at radius 2 is 1.75 bits per heavy atom. The Balaban J connectivity index is 2.45. The van der Waals surface area contributed by atoms with Gasteiger partial charge in [-0.2, -0.15) is 0 Å². The Labute approximate surface area is 74.5 Å². The molecular formula is C10H20FN. The molecule has 12 heavy (non-hydrogen) atoms. The van der Waals surface area contributed by atoms with Crippen LogP contribution >= 0.6 is 0 Å². The van der Waals surface area contributed by atoms with Crippen molar-refractivity contribution in [2.45, 2.75) is 57.7 Å². The third-order valence-corrected chi connectivity index (χ3v) is 2.77. The standard InChI is InChI=1S/C10H20FN/c1-10(2,12)9(11)8-6-4-3-5-7-8/h8-9H,3-7,12H2,1-2H3. The summed E-state index contributed by atoms with van der Waals surface area (Å²) in [4.78, 5) is 0. The predicted octanol–water partition coefficient (Wildman–Crippen LogP) is 2.64. The molecule has 1 aliphatic rings. The van der Waals surface area contributed by atoms with Gasteiger partial charge in [0.2, 0.25) is 0 Å². The van der Waals surface area contributed by atoms with Crippen molar-refractivity contribution in [3.63, 3.8) is 0 Å². The van der Waals surface area contributed by atoms with Crippen LogP contribution < -0.4 is 5.73 Å². The summed E-state index contributed by atoms with van der Waals surface area (Å²) >= 11 is 0.